The highest BCUT2D eigenvalue weighted by molar-refractivity contribution is 5.79. The second kappa shape index (κ2) is 2.64. The topological polar surface area (TPSA) is 46.5 Å². The van der Waals surface area contributed by atoms with Crippen LogP contribution in [-0.2, 0) is 9.53 Å². The number of aliphatic carboxylic acids is 1. The van der Waals surface area contributed by atoms with Gasteiger partial charge in [-0.3, -0.25) is 0 Å². The Balaban J connectivity index is 2.22. The van der Waals surface area contributed by atoms with E-state index in [4.69, 9.17) is 9.84 Å². The molecule has 1 aliphatic heterocycles. The Bertz CT molecular complexity index is 135. The van der Waals surface area contributed by atoms with Crippen molar-refractivity contribution in [3.8, 4) is 0 Å². The molecule has 1 unspecified atom stereocenters. The number of hydrogen-bond donors (Lipinski definition) is 1. The van der Waals surface area contributed by atoms with Crippen LogP contribution >= 0.6 is 0 Å². The molecular weight excluding hydrogens is 120 g/mol. The minimum atomic E-state index is -0.912. The smallest absolute Gasteiger partial charge is 0.328 e. The average Bonchev–Trinajstić information content (AvgIpc) is 1.60. The molecule has 1 rings (SSSR count). The molecule has 3 nitrogen and oxygen atoms in total. The van der Waals surface area contributed by atoms with Gasteiger partial charge in [0.05, 0.1) is 12.7 Å². The van der Waals surface area contributed by atoms with Crippen molar-refractivity contribution >= 4 is 5.97 Å². The lowest BCUT2D eigenvalue weighted by atomic mass is 10.2. The molecule has 0 amide bonds. The monoisotopic (exact) mass is 128 g/mol. The lowest BCUT2D eigenvalue weighted by Crippen LogP contribution is -2.24. The maximum atomic E-state index is 9.90. The molecule has 0 aromatic carbocycles. The van der Waals surface area contributed by atoms with Gasteiger partial charge in [-0.2, -0.15) is 0 Å². The molecule has 0 bridgehead atoms. The maximum Gasteiger partial charge on any atom is 0.328 e. The second-order valence-electron chi connectivity index (χ2n) is 1.90. The molecule has 0 spiro atoms. The van der Waals surface area contributed by atoms with Crippen molar-refractivity contribution in [3.63, 3.8) is 0 Å². The zero-order valence-corrected chi connectivity index (χ0v) is 4.91. The van der Waals surface area contributed by atoms with Crippen LogP contribution in [0.1, 0.15) is 6.42 Å². The third kappa shape index (κ3) is 1.85. The van der Waals surface area contributed by atoms with E-state index in [2.05, 4.69) is 0 Å². The predicted octanol–water partition coefficient (Wildman–Crippen LogP) is 0.416. The van der Waals surface area contributed by atoms with Gasteiger partial charge in [-0.15, -0.1) is 0 Å². The van der Waals surface area contributed by atoms with E-state index in [1.807, 2.05) is 0 Å². The highest BCUT2D eigenvalue weighted by Gasteiger charge is 2.13. The predicted molar refractivity (Wildman–Crippen MR) is 31.1 cm³/mol. The van der Waals surface area contributed by atoms with Crippen LogP contribution in [0.25, 0.3) is 0 Å². The molecule has 0 aromatic rings. The molecule has 1 heterocycles. The van der Waals surface area contributed by atoms with Crippen LogP contribution in [0.3, 0.4) is 0 Å². The lowest BCUT2D eigenvalue weighted by Gasteiger charge is -2.22. The van der Waals surface area contributed by atoms with Crippen molar-refractivity contribution in [1.82, 2.24) is 0 Å². The van der Waals surface area contributed by atoms with Crippen LogP contribution in [0.2, 0.25) is 0 Å². The summed E-state index contributed by atoms with van der Waals surface area (Å²) in [4.78, 5) is 9.90. The van der Waals surface area contributed by atoms with Gasteiger partial charge in [0.2, 0.25) is 0 Å². The van der Waals surface area contributed by atoms with Crippen LogP contribution < -0.4 is 0 Å². The molecule has 0 aromatic heterocycles. The van der Waals surface area contributed by atoms with E-state index in [1.54, 1.807) is 6.08 Å². The fourth-order valence-corrected chi connectivity index (χ4v) is 0.595. The van der Waals surface area contributed by atoms with Gasteiger partial charge in [0, 0.05) is 12.5 Å². The lowest BCUT2D eigenvalue weighted by molar-refractivity contribution is -0.131. The van der Waals surface area contributed by atoms with Crippen LogP contribution in [0, 0.1) is 0 Å². The van der Waals surface area contributed by atoms with E-state index >= 15 is 0 Å². The maximum absolute atomic E-state index is 9.90. The molecule has 3 heteroatoms. The number of carbonyl (C=O) groups is 1. The Morgan fingerprint density at radius 1 is 1.78 bits per heavy atom. The molecule has 0 saturated carbocycles. The van der Waals surface area contributed by atoms with E-state index in [-0.39, 0.29) is 6.10 Å². The number of hydrogen-bond acceptors (Lipinski definition) is 2. The van der Waals surface area contributed by atoms with E-state index < -0.39 is 5.97 Å². The van der Waals surface area contributed by atoms with E-state index in [0.717, 1.165) is 19.1 Å². The van der Waals surface area contributed by atoms with Gasteiger partial charge in [-0.1, -0.05) is 0 Å². The summed E-state index contributed by atoms with van der Waals surface area (Å²) in [5.41, 5.74) is 0. The summed E-state index contributed by atoms with van der Waals surface area (Å²) in [6.45, 7) is 0.759. The molecule has 1 aliphatic rings. The van der Waals surface area contributed by atoms with Gasteiger partial charge in [-0.25, -0.2) is 4.79 Å². The van der Waals surface area contributed by atoms with E-state index in [9.17, 15) is 4.79 Å². The summed E-state index contributed by atoms with van der Waals surface area (Å²) in [7, 11) is 0. The molecular formula is C6H8O3. The second-order valence-corrected chi connectivity index (χ2v) is 1.90. The largest absolute Gasteiger partial charge is 0.478 e. The SMILES string of the molecule is O=C(O)C=CC1CCO1. The number of carboxylic acids is 1. The fourth-order valence-electron chi connectivity index (χ4n) is 0.595. The van der Waals surface area contributed by atoms with Crippen molar-refractivity contribution in [3.05, 3.63) is 12.2 Å². The first kappa shape index (κ1) is 6.29. The van der Waals surface area contributed by atoms with Crippen molar-refractivity contribution in [1.29, 1.82) is 0 Å². The van der Waals surface area contributed by atoms with Crippen molar-refractivity contribution in [2.45, 2.75) is 12.5 Å². The first-order chi connectivity index (χ1) is 4.29. The molecule has 50 valence electrons. The average molecular weight is 128 g/mol. The van der Waals surface area contributed by atoms with Gasteiger partial charge in [0.25, 0.3) is 0 Å². The highest BCUT2D eigenvalue weighted by atomic mass is 16.5. The van der Waals surface area contributed by atoms with Crippen LogP contribution in [-0.4, -0.2) is 23.8 Å². The minimum Gasteiger partial charge on any atom is -0.478 e. The number of ether oxygens (including phenoxy) is 1. The Morgan fingerprint density at radius 2 is 2.44 bits per heavy atom. The van der Waals surface area contributed by atoms with Crippen LogP contribution in [0.15, 0.2) is 12.2 Å². The molecule has 0 aliphatic carbocycles. The summed E-state index contributed by atoms with van der Waals surface area (Å²) in [6, 6.07) is 0. The minimum absolute atomic E-state index is 0.0566. The van der Waals surface area contributed by atoms with Gasteiger partial charge in [-0.05, 0) is 6.08 Å². The first-order valence-electron chi connectivity index (χ1n) is 2.82. The van der Waals surface area contributed by atoms with Gasteiger partial charge in [0.15, 0.2) is 0 Å². The third-order valence-electron chi connectivity index (χ3n) is 1.19. The van der Waals surface area contributed by atoms with Gasteiger partial charge < -0.3 is 9.84 Å². The first-order valence-corrected chi connectivity index (χ1v) is 2.82. The summed E-state index contributed by atoms with van der Waals surface area (Å²) >= 11 is 0. The van der Waals surface area contributed by atoms with Crippen molar-refractivity contribution in [2.24, 2.45) is 0 Å². The summed E-state index contributed by atoms with van der Waals surface area (Å²) < 4.78 is 4.93. The molecule has 1 saturated heterocycles. The highest BCUT2D eigenvalue weighted by Crippen LogP contribution is 2.11. The molecule has 1 atom stereocenters. The molecule has 0 radical (unpaired) electrons. The van der Waals surface area contributed by atoms with E-state index in [0.29, 0.717) is 0 Å². The number of carboxylic acid groups (broad SMARTS) is 1. The zero-order chi connectivity index (χ0) is 6.69. The third-order valence-corrected chi connectivity index (χ3v) is 1.19. The number of rotatable bonds is 2. The van der Waals surface area contributed by atoms with Crippen LogP contribution in [0.4, 0.5) is 0 Å². The van der Waals surface area contributed by atoms with Crippen LogP contribution in [0.5, 0.6) is 0 Å². The van der Waals surface area contributed by atoms with Crippen molar-refractivity contribution < 1.29 is 14.6 Å². The Kier molecular flexibility index (Phi) is 1.85. The quantitative estimate of drug-likeness (QED) is 0.548. The Hall–Kier alpha value is -0.830. The van der Waals surface area contributed by atoms with Gasteiger partial charge >= 0.3 is 5.97 Å². The Morgan fingerprint density at radius 3 is 2.78 bits per heavy atom. The Labute approximate surface area is 52.9 Å². The fraction of sp³-hybridized carbons (Fsp3) is 0.500. The van der Waals surface area contributed by atoms with E-state index in [1.165, 1.54) is 0 Å². The van der Waals surface area contributed by atoms with Gasteiger partial charge in [0.1, 0.15) is 0 Å². The molecule has 1 fully saturated rings. The zero-order valence-electron chi connectivity index (χ0n) is 4.91. The normalized spacial score (nSPS) is 26.0. The van der Waals surface area contributed by atoms with Crippen molar-refractivity contribution in [2.75, 3.05) is 6.61 Å². The standard InChI is InChI=1S/C6H8O3/c7-6(8)2-1-5-3-4-9-5/h1-2,5H,3-4H2,(H,7,8). The molecule has 9 heavy (non-hydrogen) atoms. The summed E-state index contributed by atoms with van der Waals surface area (Å²) in [5.74, 6) is -0.912. The summed E-state index contributed by atoms with van der Waals surface area (Å²) in [6.07, 6.45) is 3.68. The summed E-state index contributed by atoms with van der Waals surface area (Å²) in [5, 5.41) is 8.14. The molecule has 1 N–H and O–H groups in total.